The first-order valence-electron chi connectivity index (χ1n) is 16.2. The van der Waals surface area contributed by atoms with E-state index in [1.807, 2.05) is 22.8 Å². The SMILES string of the molecule is [2H]C([2H])([2H])N1C(=O)c2cccc(OC(F)F)c2[C@H]2C[C@@H]1c1nc3ccc(C#CC4(C)CN(CCO[Si](C)(C)C(C)(C)C)C4)cc3n12. The lowest BCUT2D eigenvalue weighted by molar-refractivity contribution is -0.0507. The van der Waals surface area contributed by atoms with Crippen molar-refractivity contribution in [3.8, 4) is 17.6 Å². The van der Waals surface area contributed by atoms with Crippen LogP contribution >= 0.6 is 0 Å². The molecule has 3 aliphatic rings. The van der Waals surface area contributed by atoms with Crippen LogP contribution in [0.25, 0.3) is 11.0 Å². The molecular formula is C33H40F2N4O3Si. The largest absolute Gasteiger partial charge is 0.434 e. The van der Waals surface area contributed by atoms with E-state index in [4.69, 9.17) is 18.3 Å². The van der Waals surface area contributed by atoms with Crippen molar-refractivity contribution in [2.75, 3.05) is 33.2 Å². The van der Waals surface area contributed by atoms with Crippen LogP contribution in [0.3, 0.4) is 0 Å². The number of ether oxygens (including phenoxy) is 1. The van der Waals surface area contributed by atoms with Crippen LogP contribution in [0.1, 0.15) is 77.6 Å². The molecule has 0 aliphatic carbocycles. The molecule has 6 rings (SSSR count). The van der Waals surface area contributed by atoms with Gasteiger partial charge in [0, 0.05) is 60.4 Å². The first-order valence-corrected chi connectivity index (χ1v) is 17.6. The highest BCUT2D eigenvalue weighted by Crippen LogP contribution is 2.50. The van der Waals surface area contributed by atoms with Crippen LogP contribution in [0, 0.1) is 17.3 Å². The highest BCUT2D eigenvalue weighted by atomic mass is 28.4. The number of carbonyl (C=O) groups excluding carboxylic acids is 1. The topological polar surface area (TPSA) is 59.8 Å². The molecule has 10 heteroatoms. The second-order valence-corrected chi connectivity index (χ2v) is 18.5. The minimum atomic E-state index is -3.12. The number of hydrogen-bond acceptors (Lipinski definition) is 5. The maximum absolute atomic E-state index is 13.6. The van der Waals surface area contributed by atoms with Gasteiger partial charge in [0.2, 0.25) is 0 Å². The van der Waals surface area contributed by atoms with Gasteiger partial charge in [0.1, 0.15) is 11.6 Å². The van der Waals surface area contributed by atoms with E-state index in [0.29, 0.717) is 23.5 Å². The summed E-state index contributed by atoms with van der Waals surface area (Å²) in [6.07, 6.45) is 0.169. The van der Waals surface area contributed by atoms with Gasteiger partial charge in [-0.2, -0.15) is 8.78 Å². The highest BCUT2D eigenvalue weighted by molar-refractivity contribution is 6.74. The number of halogens is 2. The van der Waals surface area contributed by atoms with Crippen LogP contribution in [-0.2, 0) is 4.43 Å². The number of carbonyl (C=O) groups is 1. The van der Waals surface area contributed by atoms with Gasteiger partial charge in [0.25, 0.3) is 5.91 Å². The summed E-state index contributed by atoms with van der Waals surface area (Å²) < 4.78 is 64.6. The Balaban J connectivity index is 1.29. The van der Waals surface area contributed by atoms with Crippen molar-refractivity contribution in [2.45, 2.75) is 70.9 Å². The minimum Gasteiger partial charge on any atom is -0.434 e. The Morgan fingerprint density at radius 2 is 1.98 bits per heavy atom. The van der Waals surface area contributed by atoms with Gasteiger partial charge in [0.15, 0.2) is 8.32 Å². The molecule has 0 N–H and O–H groups in total. The molecule has 1 aromatic heterocycles. The molecule has 3 aromatic rings. The van der Waals surface area contributed by atoms with Crippen molar-refractivity contribution in [3.05, 3.63) is 58.9 Å². The van der Waals surface area contributed by atoms with E-state index in [1.165, 1.54) is 18.2 Å². The Labute approximate surface area is 257 Å². The Morgan fingerprint density at radius 3 is 2.67 bits per heavy atom. The van der Waals surface area contributed by atoms with E-state index < -0.39 is 39.9 Å². The normalized spacial score (nSPS) is 22.6. The zero-order valence-electron chi connectivity index (χ0n) is 28.5. The number of likely N-dealkylation sites (tertiary alicyclic amines) is 1. The molecule has 2 atom stereocenters. The van der Waals surface area contributed by atoms with E-state index in [0.717, 1.165) is 30.1 Å². The van der Waals surface area contributed by atoms with Crippen molar-refractivity contribution >= 4 is 25.3 Å². The summed E-state index contributed by atoms with van der Waals surface area (Å²) in [5.41, 5.74) is 2.15. The van der Waals surface area contributed by atoms with E-state index in [9.17, 15) is 13.6 Å². The third kappa shape index (κ3) is 5.26. The lowest BCUT2D eigenvalue weighted by Gasteiger charge is -2.45. The quantitative estimate of drug-likeness (QED) is 0.237. The third-order valence-corrected chi connectivity index (χ3v) is 14.0. The average Bonchev–Trinajstić information content (AvgIpc) is 3.42. The van der Waals surface area contributed by atoms with Gasteiger partial charge < -0.3 is 18.6 Å². The summed E-state index contributed by atoms with van der Waals surface area (Å²) in [5, 5.41) is 0.175. The Bertz CT molecular complexity index is 1750. The van der Waals surface area contributed by atoms with Crippen LogP contribution < -0.4 is 4.74 Å². The second-order valence-electron chi connectivity index (χ2n) is 13.7. The first kappa shape index (κ1) is 26.2. The van der Waals surface area contributed by atoms with Gasteiger partial charge in [-0.05, 0) is 55.4 Å². The molecule has 3 aliphatic heterocycles. The molecular weight excluding hydrogens is 566 g/mol. The number of imidazole rings is 1. The summed E-state index contributed by atoms with van der Waals surface area (Å²) in [7, 11) is -1.79. The number of aromatic nitrogens is 2. The van der Waals surface area contributed by atoms with Gasteiger partial charge >= 0.3 is 6.61 Å². The molecule has 1 saturated heterocycles. The average molecular weight is 610 g/mol. The Morgan fingerprint density at radius 1 is 1.21 bits per heavy atom. The number of alkyl halides is 2. The molecule has 0 saturated carbocycles. The number of benzene rings is 2. The fraction of sp³-hybridized carbons (Fsp3) is 0.515. The molecule has 0 radical (unpaired) electrons. The number of hydrogen-bond donors (Lipinski definition) is 0. The van der Waals surface area contributed by atoms with E-state index in [1.54, 1.807) is 0 Å². The number of nitrogens with zero attached hydrogens (tertiary/aromatic N) is 4. The van der Waals surface area contributed by atoms with Gasteiger partial charge in [-0.3, -0.25) is 9.69 Å². The number of fused-ring (bicyclic) bond motifs is 9. The maximum Gasteiger partial charge on any atom is 0.387 e. The molecule has 2 bridgehead atoms. The first-order chi connectivity index (χ1) is 21.4. The van der Waals surface area contributed by atoms with E-state index in [-0.39, 0.29) is 33.8 Å². The molecule has 7 nitrogen and oxygen atoms in total. The monoisotopic (exact) mass is 609 g/mol. The summed E-state index contributed by atoms with van der Waals surface area (Å²) in [4.78, 5) is 21.6. The summed E-state index contributed by atoms with van der Waals surface area (Å²) in [5.74, 6) is 6.26. The fourth-order valence-corrected chi connectivity index (χ4v) is 7.27. The van der Waals surface area contributed by atoms with Crippen molar-refractivity contribution in [1.82, 2.24) is 19.4 Å². The minimum absolute atomic E-state index is 0.0300. The fourth-order valence-electron chi connectivity index (χ4n) is 6.23. The van der Waals surface area contributed by atoms with Crippen LogP contribution in [0.15, 0.2) is 36.4 Å². The van der Waals surface area contributed by atoms with Gasteiger partial charge in [-0.1, -0.05) is 38.7 Å². The summed E-state index contributed by atoms with van der Waals surface area (Å²) in [6.45, 7) is 10.8. The standard InChI is InChI=1S/C33H40F2N4O3Si/c1-32(2,3)43(6,7)41-16-15-38-19-33(4,20-38)14-13-21-11-12-23-24(17-21)39-25-18-26(29(39)36-23)37(5)30(40)22-9-8-10-27(28(22)25)42-31(34)35/h8-12,17,25-26,31H,15-16,18-20H2,1-7H3/t25-,26-/m1/s1/i5D3. The third-order valence-electron chi connectivity index (χ3n) is 9.48. The maximum atomic E-state index is 13.6. The van der Waals surface area contributed by atoms with Crippen molar-refractivity contribution in [1.29, 1.82) is 0 Å². The van der Waals surface area contributed by atoms with Gasteiger partial charge in [-0.15, -0.1) is 0 Å². The van der Waals surface area contributed by atoms with Crippen LogP contribution in [0.2, 0.25) is 18.1 Å². The number of rotatable bonds is 6. The van der Waals surface area contributed by atoms with Crippen molar-refractivity contribution in [3.63, 3.8) is 0 Å². The molecule has 4 heterocycles. The van der Waals surface area contributed by atoms with Gasteiger partial charge in [-0.25, -0.2) is 4.98 Å². The smallest absolute Gasteiger partial charge is 0.387 e. The van der Waals surface area contributed by atoms with E-state index >= 15 is 0 Å². The molecule has 43 heavy (non-hydrogen) atoms. The molecule has 228 valence electrons. The number of amides is 1. The van der Waals surface area contributed by atoms with Gasteiger partial charge in [0.05, 0.1) is 28.5 Å². The van der Waals surface area contributed by atoms with Crippen molar-refractivity contribution in [2.24, 2.45) is 5.41 Å². The molecule has 1 amide bonds. The second kappa shape index (κ2) is 10.4. The van der Waals surface area contributed by atoms with Crippen molar-refractivity contribution < 1.29 is 26.9 Å². The lowest BCUT2D eigenvalue weighted by Crippen LogP contribution is -2.55. The van der Waals surface area contributed by atoms with Crippen LogP contribution in [-0.4, -0.2) is 73.4 Å². The predicted octanol–water partition coefficient (Wildman–Crippen LogP) is 6.45. The highest BCUT2D eigenvalue weighted by Gasteiger charge is 2.45. The van der Waals surface area contributed by atoms with Crippen LogP contribution in [0.4, 0.5) is 8.78 Å². The summed E-state index contributed by atoms with van der Waals surface area (Å²) in [6, 6.07) is 8.37. The lowest BCUT2D eigenvalue weighted by atomic mass is 9.82. The summed E-state index contributed by atoms with van der Waals surface area (Å²) >= 11 is 0. The molecule has 1 fully saturated rings. The Hall–Kier alpha value is -3.26. The predicted molar refractivity (Wildman–Crippen MR) is 165 cm³/mol. The zero-order chi connectivity index (χ0) is 33.4. The Kier molecular flexibility index (Phi) is 6.34. The zero-order valence-corrected chi connectivity index (χ0v) is 26.5. The van der Waals surface area contributed by atoms with E-state index in [2.05, 4.69) is 57.5 Å². The molecule has 0 spiro atoms. The molecule has 0 unspecified atom stereocenters. The van der Waals surface area contributed by atoms with Crippen LogP contribution in [0.5, 0.6) is 5.75 Å². The molecule has 2 aromatic carbocycles.